The Morgan fingerprint density at radius 3 is 2.52 bits per heavy atom. The van der Waals surface area contributed by atoms with Crippen molar-refractivity contribution in [3.63, 3.8) is 0 Å². The molecule has 5 heteroatoms. The van der Waals surface area contributed by atoms with Crippen molar-refractivity contribution in [3.05, 3.63) is 16.0 Å². The molecule has 3 rings (SSSR count). The first-order valence-corrected chi connectivity index (χ1v) is 8.29. The molecule has 21 heavy (non-hydrogen) atoms. The van der Waals surface area contributed by atoms with Gasteiger partial charge in [0.25, 0.3) is 0 Å². The number of nitrogens with one attached hydrogen (secondary N) is 1. The summed E-state index contributed by atoms with van der Waals surface area (Å²) in [6.07, 6.45) is 7.27. The highest BCUT2D eigenvalue weighted by molar-refractivity contribution is 7.16. The monoisotopic (exact) mass is 299 g/mol. The van der Waals surface area contributed by atoms with Gasteiger partial charge in [0.05, 0.1) is 11.6 Å². The number of fused-ring (bicyclic) bond motifs is 1. The van der Waals surface area contributed by atoms with Crippen LogP contribution in [0.5, 0.6) is 0 Å². The van der Waals surface area contributed by atoms with Gasteiger partial charge >= 0.3 is 0 Å². The molecule has 2 aliphatic rings. The maximum Gasteiger partial charge on any atom is 0.245 e. The molecular weight excluding hydrogens is 282 g/mol. The van der Waals surface area contributed by atoms with Gasteiger partial charge in [-0.1, -0.05) is 12.8 Å². The van der Waals surface area contributed by atoms with Crippen LogP contribution in [0.3, 0.4) is 0 Å². The second kappa shape index (κ2) is 5.50. The lowest BCUT2D eigenvalue weighted by molar-refractivity contribution is -0.122. The van der Waals surface area contributed by atoms with Gasteiger partial charge in [0.15, 0.2) is 0 Å². The van der Waals surface area contributed by atoms with Crippen molar-refractivity contribution in [3.8, 4) is 12.1 Å². The van der Waals surface area contributed by atoms with Gasteiger partial charge in [-0.05, 0) is 44.1 Å². The summed E-state index contributed by atoms with van der Waals surface area (Å²) in [5.41, 5.74) is 0.840. The number of nitrogens with zero attached hydrogens (tertiary/aromatic N) is 2. The van der Waals surface area contributed by atoms with E-state index in [1.54, 1.807) is 0 Å². The molecule has 0 bridgehead atoms. The van der Waals surface area contributed by atoms with Crippen LogP contribution in [0.4, 0.5) is 5.00 Å². The number of thiophene rings is 1. The first kappa shape index (κ1) is 14.1. The molecule has 108 valence electrons. The van der Waals surface area contributed by atoms with Gasteiger partial charge in [0.2, 0.25) is 5.91 Å². The Morgan fingerprint density at radius 2 is 1.86 bits per heavy atom. The third-order valence-electron chi connectivity index (χ3n) is 4.62. The zero-order valence-corrected chi connectivity index (χ0v) is 12.7. The SMILES string of the molecule is N#Cc1c(NC(=O)C2(C#N)CCCC2)sc2c1CCCC2. The zero-order chi connectivity index (χ0) is 14.9. The summed E-state index contributed by atoms with van der Waals surface area (Å²) >= 11 is 1.52. The first-order valence-electron chi connectivity index (χ1n) is 7.47. The van der Waals surface area contributed by atoms with E-state index < -0.39 is 5.41 Å². The number of carbonyl (C=O) groups is 1. The van der Waals surface area contributed by atoms with Crippen molar-refractivity contribution in [1.29, 1.82) is 10.5 Å². The molecule has 0 spiro atoms. The third-order valence-corrected chi connectivity index (χ3v) is 5.82. The van der Waals surface area contributed by atoms with Crippen LogP contribution in [0.2, 0.25) is 0 Å². The lowest BCUT2D eigenvalue weighted by Gasteiger charge is -2.18. The van der Waals surface area contributed by atoms with Gasteiger partial charge in [-0.25, -0.2) is 0 Å². The third kappa shape index (κ3) is 2.32. The molecule has 0 aromatic carbocycles. The Balaban J connectivity index is 1.89. The fourth-order valence-electron chi connectivity index (χ4n) is 3.36. The molecule has 1 heterocycles. The van der Waals surface area contributed by atoms with Crippen molar-refractivity contribution in [2.75, 3.05) is 5.32 Å². The maximum atomic E-state index is 12.5. The summed E-state index contributed by atoms with van der Waals surface area (Å²) in [6, 6.07) is 4.45. The second-order valence-corrected chi connectivity index (χ2v) is 6.99. The van der Waals surface area contributed by atoms with Gasteiger partial charge in [-0.2, -0.15) is 10.5 Å². The fourth-order valence-corrected chi connectivity index (χ4v) is 4.60. The van der Waals surface area contributed by atoms with Crippen LogP contribution in [0, 0.1) is 28.1 Å². The molecule has 1 saturated carbocycles. The summed E-state index contributed by atoms with van der Waals surface area (Å²) in [5, 5.41) is 22.3. The quantitative estimate of drug-likeness (QED) is 0.907. The number of nitriles is 2. The van der Waals surface area contributed by atoms with E-state index in [9.17, 15) is 15.3 Å². The maximum absolute atomic E-state index is 12.5. The van der Waals surface area contributed by atoms with Crippen LogP contribution in [0.1, 0.15) is 54.5 Å². The van der Waals surface area contributed by atoms with Crippen molar-refractivity contribution in [1.82, 2.24) is 0 Å². The molecular formula is C16H17N3OS. The van der Waals surface area contributed by atoms with Gasteiger partial charge in [0.1, 0.15) is 16.5 Å². The highest BCUT2D eigenvalue weighted by atomic mass is 32.1. The predicted octanol–water partition coefficient (Wildman–Crippen LogP) is 3.52. The minimum absolute atomic E-state index is 0.224. The first-order chi connectivity index (χ1) is 10.2. The summed E-state index contributed by atoms with van der Waals surface area (Å²) in [5.74, 6) is -0.224. The van der Waals surface area contributed by atoms with Crippen molar-refractivity contribution in [2.24, 2.45) is 5.41 Å². The molecule has 1 aromatic rings. The van der Waals surface area contributed by atoms with E-state index in [0.29, 0.717) is 23.4 Å². The van der Waals surface area contributed by atoms with Gasteiger partial charge in [0, 0.05) is 4.88 Å². The summed E-state index contributed by atoms with van der Waals surface area (Å²) in [7, 11) is 0. The molecule has 2 aliphatic carbocycles. The number of hydrogen-bond acceptors (Lipinski definition) is 4. The Kier molecular flexibility index (Phi) is 3.69. The number of carbonyl (C=O) groups excluding carboxylic acids is 1. The van der Waals surface area contributed by atoms with E-state index in [-0.39, 0.29) is 5.91 Å². The highest BCUT2D eigenvalue weighted by Crippen LogP contribution is 2.41. The van der Waals surface area contributed by atoms with E-state index in [4.69, 9.17) is 0 Å². The summed E-state index contributed by atoms with van der Waals surface area (Å²) in [4.78, 5) is 13.7. The van der Waals surface area contributed by atoms with E-state index in [1.165, 1.54) is 16.2 Å². The Morgan fingerprint density at radius 1 is 1.14 bits per heavy atom. The van der Waals surface area contributed by atoms with Crippen LogP contribution in [-0.2, 0) is 17.6 Å². The minimum Gasteiger partial charge on any atom is -0.315 e. The predicted molar refractivity (Wildman–Crippen MR) is 80.8 cm³/mol. The van der Waals surface area contributed by atoms with Crippen molar-refractivity contribution < 1.29 is 4.79 Å². The van der Waals surface area contributed by atoms with Gasteiger partial charge in [-0.15, -0.1) is 11.3 Å². The second-order valence-electron chi connectivity index (χ2n) is 5.88. The Bertz CT molecular complexity index is 656. The molecule has 0 atom stereocenters. The lowest BCUT2D eigenvalue weighted by atomic mass is 9.87. The number of aryl methyl sites for hydroxylation is 1. The van der Waals surface area contributed by atoms with E-state index in [2.05, 4.69) is 17.5 Å². The smallest absolute Gasteiger partial charge is 0.245 e. The van der Waals surface area contributed by atoms with Crippen molar-refractivity contribution >= 4 is 22.2 Å². The van der Waals surface area contributed by atoms with Crippen LogP contribution in [0.15, 0.2) is 0 Å². The molecule has 1 fully saturated rings. The van der Waals surface area contributed by atoms with Crippen LogP contribution in [-0.4, -0.2) is 5.91 Å². The van der Waals surface area contributed by atoms with Crippen LogP contribution in [0.25, 0.3) is 0 Å². The van der Waals surface area contributed by atoms with Crippen LogP contribution >= 0.6 is 11.3 Å². The molecule has 0 unspecified atom stereocenters. The lowest BCUT2D eigenvalue weighted by Crippen LogP contribution is -2.32. The van der Waals surface area contributed by atoms with E-state index >= 15 is 0 Å². The fraction of sp³-hybridized carbons (Fsp3) is 0.562. The summed E-state index contributed by atoms with van der Waals surface area (Å²) in [6.45, 7) is 0. The number of rotatable bonds is 2. The minimum atomic E-state index is -0.892. The molecule has 1 amide bonds. The standard InChI is InChI=1S/C16H17N3OS/c17-9-12-11-5-1-2-6-13(11)21-14(12)19-15(20)16(10-18)7-3-4-8-16/h1-8H2,(H,19,20). The van der Waals surface area contributed by atoms with Gasteiger partial charge in [-0.3, -0.25) is 4.79 Å². The Hall–Kier alpha value is -1.85. The van der Waals surface area contributed by atoms with Gasteiger partial charge < -0.3 is 5.32 Å². The molecule has 4 nitrogen and oxygen atoms in total. The molecule has 0 radical (unpaired) electrons. The van der Waals surface area contributed by atoms with Crippen molar-refractivity contribution in [2.45, 2.75) is 51.4 Å². The topological polar surface area (TPSA) is 76.7 Å². The summed E-state index contributed by atoms with van der Waals surface area (Å²) < 4.78 is 0. The number of anilines is 1. The van der Waals surface area contributed by atoms with E-state index in [1.807, 2.05) is 0 Å². The normalized spacial score (nSPS) is 19.3. The van der Waals surface area contributed by atoms with Crippen LogP contribution < -0.4 is 5.32 Å². The highest BCUT2D eigenvalue weighted by Gasteiger charge is 2.42. The molecule has 0 aliphatic heterocycles. The largest absolute Gasteiger partial charge is 0.315 e. The molecule has 0 saturated heterocycles. The molecule has 1 N–H and O–H groups in total. The van der Waals surface area contributed by atoms with E-state index in [0.717, 1.165) is 44.1 Å². The average molecular weight is 299 g/mol. The zero-order valence-electron chi connectivity index (χ0n) is 11.9. The Labute approximate surface area is 128 Å². The average Bonchev–Trinajstić information content (AvgIpc) is 3.12. The molecule has 1 aromatic heterocycles. The number of hydrogen-bond donors (Lipinski definition) is 1. The number of amides is 1.